The molecule has 9 nitrogen and oxygen atoms in total. The van der Waals surface area contributed by atoms with Crippen LogP contribution in [-0.4, -0.2) is 19.0 Å². The summed E-state index contributed by atoms with van der Waals surface area (Å²) in [7, 11) is -1.63. The topological polar surface area (TPSA) is 119 Å². The first-order chi connectivity index (χ1) is 10.5. The van der Waals surface area contributed by atoms with Crippen molar-refractivity contribution in [1.82, 2.24) is 4.98 Å². The van der Waals surface area contributed by atoms with Crippen LogP contribution in [-0.2, 0) is 17.5 Å². The Morgan fingerprint density at radius 3 is 2.55 bits per heavy atom. The second kappa shape index (κ2) is 5.15. The standard InChI is InChI=1S/C12H8N4O5S/c17-15(18)9-5-10(16(19)20)12(13-6-9)14-7-8-3-1-2-4-11(8)22(14)21/h1-6H,7H2. The highest BCUT2D eigenvalue weighted by atomic mass is 32.2. The molecule has 0 N–H and O–H groups in total. The maximum absolute atomic E-state index is 12.4. The molecule has 112 valence electrons. The first-order valence-corrected chi connectivity index (χ1v) is 7.16. The van der Waals surface area contributed by atoms with Gasteiger partial charge in [-0.2, -0.15) is 0 Å². The summed E-state index contributed by atoms with van der Waals surface area (Å²) in [5, 5.41) is 21.9. The Balaban J connectivity index is 2.08. The number of nitrogens with zero attached hydrogens (tertiary/aromatic N) is 4. The SMILES string of the molecule is O=[N+]([O-])c1cnc(N2Cc3ccccc3S2=O)c([N+](=O)[O-])c1. The predicted molar refractivity (Wildman–Crippen MR) is 76.6 cm³/mol. The van der Waals surface area contributed by atoms with Crippen molar-refractivity contribution >= 4 is 28.2 Å². The first kappa shape index (κ1) is 14.1. The fourth-order valence-electron chi connectivity index (χ4n) is 2.15. The molecule has 0 amide bonds. The number of hydrogen-bond acceptors (Lipinski definition) is 6. The maximum Gasteiger partial charge on any atom is 0.319 e. The van der Waals surface area contributed by atoms with E-state index in [1.165, 1.54) is 4.31 Å². The number of hydrogen-bond donors (Lipinski definition) is 0. The van der Waals surface area contributed by atoms with Crippen LogP contribution in [0.15, 0.2) is 41.4 Å². The summed E-state index contributed by atoms with van der Waals surface area (Å²) in [6.07, 6.45) is 0.919. The van der Waals surface area contributed by atoms with Crippen LogP contribution in [0.5, 0.6) is 0 Å². The van der Waals surface area contributed by atoms with Crippen LogP contribution >= 0.6 is 0 Å². The van der Waals surface area contributed by atoms with Crippen molar-refractivity contribution < 1.29 is 14.1 Å². The van der Waals surface area contributed by atoms with Crippen LogP contribution in [0, 0.1) is 20.2 Å². The van der Waals surface area contributed by atoms with E-state index in [-0.39, 0.29) is 12.4 Å². The summed E-state index contributed by atoms with van der Waals surface area (Å²) in [4.78, 5) is 24.7. The molecule has 0 fully saturated rings. The van der Waals surface area contributed by atoms with Gasteiger partial charge in [0.1, 0.15) is 6.20 Å². The summed E-state index contributed by atoms with van der Waals surface area (Å²) in [5.74, 6) is -0.148. The van der Waals surface area contributed by atoms with Crippen LogP contribution in [0.2, 0.25) is 0 Å². The molecule has 2 heterocycles. The van der Waals surface area contributed by atoms with E-state index in [0.29, 0.717) is 4.90 Å². The van der Waals surface area contributed by atoms with Crippen molar-refractivity contribution in [3.05, 3.63) is 62.3 Å². The average Bonchev–Trinajstić information content (AvgIpc) is 2.84. The minimum atomic E-state index is -1.63. The number of aromatic nitrogens is 1. The van der Waals surface area contributed by atoms with E-state index in [1.54, 1.807) is 24.3 Å². The number of rotatable bonds is 3. The van der Waals surface area contributed by atoms with E-state index in [4.69, 9.17) is 0 Å². The van der Waals surface area contributed by atoms with E-state index in [9.17, 15) is 24.4 Å². The molecule has 0 aliphatic carbocycles. The van der Waals surface area contributed by atoms with E-state index in [2.05, 4.69) is 4.98 Å². The molecule has 3 rings (SSSR count). The lowest BCUT2D eigenvalue weighted by atomic mass is 10.2. The minimum absolute atomic E-state index is 0.148. The quantitative estimate of drug-likeness (QED) is 0.629. The summed E-state index contributed by atoms with van der Waals surface area (Å²) >= 11 is 0. The Kier molecular flexibility index (Phi) is 3.29. The van der Waals surface area contributed by atoms with Gasteiger partial charge in [0.2, 0.25) is 5.82 Å². The van der Waals surface area contributed by atoms with Crippen molar-refractivity contribution in [2.24, 2.45) is 0 Å². The highest BCUT2D eigenvalue weighted by Gasteiger charge is 2.34. The van der Waals surface area contributed by atoms with E-state index in [1.807, 2.05) is 0 Å². The molecule has 0 radical (unpaired) electrons. The molecule has 0 bridgehead atoms. The summed E-state index contributed by atoms with van der Waals surface area (Å²) in [5.41, 5.74) is -0.261. The summed E-state index contributed by atoms with van der Waals surface area (Å²) < 4.78 is 13.7. The van der Waals surface area contributed by atoms with Gasteiger partial charge in [0, 0.05) is 0 Å². The van der Waals surface area contributed by atoms with Crippen molar-refractivity contribution in [3.8, 4) is 0 Å². The molecular formula is C12H8N4O5S. The molecule has 2 aromatic rings. The fraction of sp³-hybridized carbons (Fsp3) is 0.0833. The number of benzene rings is 1. The van der Waals surface area contributed by atoms with Crippen LogP contribution < -0.4 is 4.31 Å². The lowest BCUT2D eigenvalue weighted by Gasteiger charge is -2.14. The highest BCUT2D eigenvalue weighted by molar-refractivity contribution is 7.86. The number of pyridine rings is 1. The van der Waals surface area contributed by atoms with Crippen molar-refractivity contribution in [2.45, 2.75) is 11.4 Å². The maximum atomic E-state index is 12.4. The van der Waals surface area contributed by atoms with Gasteiger partial charge in [-0.15, -0.1) is 0 Å². The molecule has 0 saturated heterocycles. The van der Waals surface area contributed by atoms with Crippen LogP contribution in [0.1, 0.15) is 5.56 Å². The van der Waals surface area contributed by atoms with Crippen molar-refractivity contribution in [1.29, 1.82) is 0 Å². The fourth-order valence-corrected chi connectivity index (χ4v) is 3.50. The molecule has 1 atom stereocenters. The molecule has 0 spiro atoms. The molecule has 10 heteroatoms. The third kappa shape index (κ3) is 2.19. The zero-order chi connectivity index (χ0) is 15.9. The van der Waals surface area contributed by atoms with Gasteiger partial charge < -0.3 is 0 Å². The zero-order valence-corrected chi connectivity index (χ0v) is 11.7. The molecule has 1 aromatic heterocycles. The highest BCUT2D eigenvalue weighted by Crippen LogP contribution is 2.36. The third-order valence-electron chi connectivity index (χ3n) is 3.15. The molecule has 1 aliphatic heterocycles. The number of fused-ring (bicyclic) bond motifs is 1. The Hall–Kier alpha value is -2.88. The Morgan fingerprint density at radius 1 is 1.18 bits per heavy atom. The van der Waals surface area contributed by atoms with Crippen molar-refractivity contribution in [3.63, 3.8) is 0 Å². The van der Waals surface area contributed by atoms with Crippen LogP contribution in [0.4, 0.5) is 17.2 Å². The second-order valence-corrected chi connectivity index (χ2v) is 5.82. The van der Waals surface area contributed by atoms with E-state index >= 15 is 0 Å². The van der Waals surface area contributed by atoms with Crippen molar-refractivity contribution in [2.75, 3.05) is 4.31 Å². The zero-order valence-electron chi connectivity index (χ0n) is 10.9. The molecule has 1 aromatic carbocycles. The van der Waals surface area contributed by atoms with Gasteiger partial charge in [0.15, 0.2) is 11.0 Å². The third-order valence-corrected chi connectivity index (χ3v) is 4.63. The molecule has 0 saturated carbocycles. The molecule has 1 aliphatic rings. The normalized spacial score (nSPS) is 16.4. The van der Waals surface area contributed by atoms with E-state index < -0.39 is 32.2 Å². The number of anilines is 1. The number of nitro groups is 2. The smallest absolute Gasteiger partial charge is 0.261 e. The Morgan fingerprint density at radius 2 is 1.91 bits per heavy atom. The molecular weight excluding hydrogens is 312 g/mol. The van der Waals surface area contributed by atoms with Gasteiger partial charge in [0.25, 0.3) is 5.69 Å². The van der Waals surface area contributed by atoms with Gasteiger partial charge in [0.05, 0.1) is 27.4 Å². The van der Waals surface area contributed by atoms with Gasteiger partial charge in [-0.3, -0.25) is 24.5 Å². The van der Waals surface area contributed by atoms with Crippen LogP contribution in [0.3, 0.4) is 0 Å². The first-order valence-electron chi connectivity index (χ1n) is 6.05. The largest absolute Gasteiger partial charge is 0.319 e. The molecule has 1 unspecified atom stereocenters. The average molecular weight is 320 g/mol. The van der Waals surface area contributed by atoms with Gasteiger partial charge in [-0.25, -0.2) is 9.19 Å². The lowest BCUT2D eigenvalue weighted by molar-refractivity contribution is -0.394. The Labute approximate surface area is 126 Å². The van der Waals surface area contributed by atoms with E-state index in [0.717, 1.165) is 17.8 Å². The minimum Gasteiger partial charge on any atom is -0.261 e. The summed E-state index contributed by atoms with van der Waals surface area (Å²) in [6, 6.07) is 7.75. The predicted octanol–water partition coefficient (Wildman–Crippen LogP) is 1.94. The molecule has 22 heavy (non-hydrogen) atoms. The second-order valence-electron chi connectivity index (χ2n) is 4.44. The van der Waals surface area contributed by atoms with Gasteiger partial charge in [-0.1, -0.05) is 18.2 Å². The van der Waals surface area contributed by atoms with Gasteiger partial charge in [-0.05, 0) is 11.6 Å². The van der Waals surface area contributed by atoms with Crippen LogP contribution in [0.25, 0.3) is 0 Å². The summed E-state index contributed by atoms with van der Waals surface area (Å²) in [6.45, 7) is 0.189. The Bertz CT molecular complexity index is 825. The van der Waals surface area contributed by atoms with Gasteiger partial charge >= 0.3 is 5.69 Å². The monoisotopic (exact) mass is 320 g/mol. The lowest BCUT2D eigenvalue weighted by Crippen LogP contribution is -2.20.